The van der Waals surface area contributed by atoms with E-state index in [0.717, 1.165) is 10.0 Å². The van der Waals surface area contributed by atoms with Crippen molar-refractivity contribution in [2.75, 3.05) is 0 Å². The van der Waals surface area contributed by atoms with Crippen molar-refractivity contribution < 1.29 is 4.74 Å². The molecule has 8 heteroatoms. The molecule has 0 amide bonds. The van der Waals surface area contributed by atoms with Crippen LogP contribution in [0.1, 0.15) is 11.3 Å². The molecule has 2 aromatic heterocycles. The van der Waals surface area contributed by atoms with Gasteiger partial charge in [0.2, 0.25) is 0 Å². The van der Waals surface area contributed by atoms with Crippen molar-refractivity contribution in [3.05, 3.63) is 70.4 Å². The van der Waals surface area contributed by atoms with Gasteiger partial charge in [-0.2, -0.15) is 0 Å². The van der Waals surface area contributed by atoms with Gasteiger partial charge in [-0.05, 0) is 0 Å². The van der Waals surface area contributed by atoms with Crippen LogP contribution in [0, 0.1) is 11.3 Å². The number of hydrogen-bond donors (Lipinski definition) is 0. The van der Waals surface area contributed by atoms with E-state index in [2.05, 4.69) is 21.0 Å². The maximum absolute atomic E-state index is 9.20. The topological polar surface area (TPSA) is 71.7 Å². The minimum atomic E-state index is -0.543. The Hall–Kier alpha value is -2.12. The van der Waals surface area contributed by atoms with Crippen molar-refractivity contribution in [2.24, 2.45) is 0 Å². The van der Waals surface area contributed by atoms with Crippen molar-refractivity contribution in [1.82, 2.24) is 15.0 Å². The van der Waals surface area contributed by atoms with Crippen LogP contribution in [0.4, 0.5) is 0 Å². The molecule has 0 aliphatic rings. The van der Waals surface area contributed by atoms with Gasteiger partial charge in [0.25, 0.3) is 0 Å². The molecule has 0 atom stereocenters. The number of aromatic nitrogens is 3. The Morgan fingerprint density at radius 3 is 2.72 bits per heavy atom. The fraction of sp³-hybridized carbons (Fsp3) is 0.0588. The van der Waals surface area contributed by atoms with Crippen molar-refractivity contribution in [2.45, 2.75) is 6.61 Å². The average molecular weight is 432 g/mol. The number of nitrogens with zero attached hydrogens (tertiary/aromatic N) is 4. The predicted octanol–water partition coefficient (Wildman–Crippen LogP) is 2.28. The SMILES string of the molecule is N#Cc1c(Cl)ncnc1[As]c1ccc(OCc2ccccn2)c(Cl)c1. The summed E-state index contributed by atoms with van der Waals surface area (Å²) >= 11 is 11.7. The molecule has 25 heavy (non-hydrogen) atoms. The molecule has 3 rings (SSSR count). The molecule has 123 valence electrons. The summed E-state index contributed by atoms with van der Waals surface area (Å²) in [4.78, 5) is 12.2. The molecular weight excluding hydrogens is 422 g/mol. The second kappa shape index (κ2) is 8.31. The van der Waals surface area contributed by atoms with Crippen LogP contribution in [0.15, 0.2) is 48.9 Å². The molecule has 0 aliphatic heterocycles. The zero-order valence-electron chi connectivity index (χ0n) is 12.7. The van der Waals surface area contributed by atoms with Crippen molar-refractivity contribution in [3.8, 4) is 11.8 Å². The molecule has 0 fully saturated rings. The van der Waals surface area contributed by atoms with Gasteiger partial charge >= 0.3 is 162 Å². The third kappa shape index (κ3) is 4.49. The van der Waals surface area contributed by atoms with Crippen LogP contribution >= 0.6 is 23.2 Å². The molecule has 0 spiro atoms. The van der Waals surface area contributed by atoms with Gasteiger partial charge in [-0.25, -0.2) is 0 Å². The monoisotopic (exact) mass is 431 g/mol. The fourth-order valence-corrected chi connectivity index (χ4v) is 4.71. The van der Waals surface area contributed by atoms with Crippen LogP contribution in [0.3, 0.4) is 0 Å². The first-order valence-corrected chi connectivity index (χ1v) is 9.75. The van der Waals surface area contributed by atoms with E-state index in [1.54, 1.807) is 6.20 Å². The Balaban J connectivity index is 1.74. The molecule has 0 aliphatic carbocycles. The van der Waals surface area contributed by atoms with Crippen molar-refractivity contribution in [1.29, 1.82) is 5.26 Å². The standard InChI is InChI=1S/C17H10AsCl2N4O/c19-14-7-11(18-16-13(8-21)17(20)24-10-23-16)4-5-15(14)25-9-12-3-1-2-6-22-12/h1-7,10H,9H2. The maximum atomic E-state index is 9.20. The minimum absolute atomic E-state index is 0.171. The second-order valence-corrected chi connectivity index (χ2v) is 8.02. The van der Waals surface area contributed by atoms with Gasteiger partial charge in [-0.3, -0.25) is 0 Å². The van der Waals surface area contributed by atoms with E-state index in [1.807, 2.05) is 36.4 Å². The Kier molecular flexibility index (Phi) is 5.88. The zero-order valence-corrected chi connectivity index (χ0v) is 16.1. The summed E-state index contributed by atoms with van der Waals surface area (Å²) in [5.41, 5.74) is 1.14. The van der Waals surface area contributed by atoms with E-state index < -0.39 is 15.8 Å². The molecule has 0 bridgehead atoms. The first-order chi connectivity index (χ1) is 12.2. The van der Waals surface area contributed by atoms with E-state index in [0.29, 0.717) is 27.4 Å². The van der Waals surface area contributed by atoms with Crippen LogP contribution < -0.4 is 13.6 Å². The number of benzene rings is 1. The van der Waals surface area contributed by atoms with Crippen LogP contribution in [-0.2, 0) is 6.61 Å². The summed E-state index contributed by atoms with van der Waals surface area (Å²) in [6.07, 6.45) is 3.08. The number of pyridine rings is 1. The first-order valence-electron chi connectivity index (χ1n) is 7.12. The number of halogens is 2. The molecule has 0 unspecified atom stereocenters. The van der Waals surface area contributed by atoms with Crippen molar-refractivity contribution in [3.63, 3.8) is 0 Å². The van der Waals surface area contributed by atoms with Crippen LogP contribution in [0.2, 0.25) is 10.2 Å². The predicted molar refractivity (Wildman–Crippen MR) is 96.8 cm³/mol. The number of ether oxygens (including phenoxy) is 1. The first kappa shape index (κ1) is 17.7. The van der Waals surface area contributed by atoms with Gasteiger partial charge in [-0.15, -0.1) is 0 Å². The van der Waals surface area contributed by atoms with Crippen LogP contribution in [-0.4, -0.2) is 30.7 Å². The number of nitriles is 1. The second-order valence-electron chi connectivity index (χ2n) is 4.81. The summed E-state index contributed by atoms with van der Waals surface area (Å²) < 4.78 is 7.34. The molecular formula is C17H10AsCl2N4O. The van der Waals surface area contributed by atoms with Gasteiger partial charge in [-0.1, -0.05) is 0 Å². The van der Waals surface area contributed by atoms with E-state index in [9.17, 15) is 5.26 Å². The molecule has 0 saturated heterocycles. The summed E-state index contributed by atoms with van der Waals surface area (Å²) in [6.45, 7) is 0.341. The average Bonchev–Trinajstić information content (AvgIpc) is 2.62. The molecule has 1 radical (unpaired) electrons. The van der Waals surface area contributed by atoms with E-state index in [4.69, 9.17) is 27.9 Å². The molecule has 2 heterocycles. The van der Waals surface area contributed by atoms with E-state index in [1.165, 1.54) is 6.33 Å². The molecule has 3 aromatic rings. The third-order valence-electron chi connectivity index (χ3n) is 3.14. The molecule has 0 N–H and O–H groups in total. The van der Waals surface area contributed by atoms with Gasteiger partial charge < -0.3 is 0 Å². The molecule has 1 aromatic carbocycles. The van der Waals surface area contributed by atoms with Crippen LogP contribution in [0.5, 0.6) is 5.75 Å². The summed E-state index contributed by atoms with van der Waals surface area (Å²) in [5.74, 6) is 0.582. The van der Waals surface area contributed by atoms with E-state index >= 15 is 0 Å². The summed E-state index contributed by atoms with van der Waals surface area (Å²) in [6, 6.07) is 13.2. The number of rotatable bonds is 5. The van der Waals surface area contributed by atoms with Crippen molar-refractivity contribution >= 4 is 47.8 Å². The Morgan fingerprint density at radius 1 is 1.12 bits per heavy atom. The normalized spacial score (nSPS) is 10.8. The van der Waals surface area contributed by atoms with Crippen LogP contribution in [0.25, 0.3) is 0 Å². The fourth-order valence-electron chi connectivity index (χ4n) is 1.97. The van der Waals surface area contributed by atoms with Gasteiger partial charge in [0.15, 0.2) is 0 Å². The molecule has 0 saturated carbocycles. The quantitative estimate of drug-likeness (QED) is 0.457. The Bertz CT molecular complexity index is 932. The Morgan fingerprint density at radius 2 is 2.00 bits per heavy atom. The van der Waals surface area contributed by atoms with Gasteiger partial charge in [0.05, 0.1) is 0 Å². The van der Waals surface area contributed by atoms with Gasteiger partial charge in [0.1, 0.15) is 0 Å². The zero-order chi connectivity index (χ0) is 17.6. The summed E-state index contributed by atoms with van der Waals surface area (Å²) in [7, 11) is 0. The van der Waals surface area contributed by atoms with Gasteiger partial charge in [0, 0.05) is 0 Å². The summed E-state index contributed by atoms with van der Waals surface area (Å²) in [5, 5.41) is 9.88. The Labute approximate surface area is 161 Å². The number of hydrogen-bond acceptors (Lipinski definition) is 5. The molecule has 5 nitrogen and oxygen atoms in total. The van der Waals surface area contributed by atoms with E-state index in [-0.39, 0.29) is 5.15 Å². The third-order valence-corrected chi connectivity index (χ3v) is 6.01.